The molecule has 1 aliphatic heterocycles. The Morgan fingerprint density at radius 3 is 2.91 bits per heavy atom. The molecule has 0 radical (unpaired) electrons. The standard InChI is InChI=1S/C26H25N7O/c1-2-3-13-33-24-23(21(14-27)25(33)31-12-6-8-19(28)15-31)30-17-32(26(24)34)16-22-20-9-5-4-7-18(20)10-11-29-22/h3-5,7,9-11,17,19H,1,6,8,12-13,15-16,28H2/t19-/m0/s1. The second-order valence-corrected chi connectivity index (χ2v) is 8.53. The van der Waals surface area contributed by atoms with Crippen LogP contribution in [0, 0.1) is 11.3 Å². The van der Waals surface area contributed by atoms with E-state index in [-0.39, 0.29) is 18.1 Å². The fraction of sp³-hybridized carbons (Fsp3) is 0.269. The van der Waals surface area contributed by atoms with Gasteiger partial charge in [0.25, 0.3) is 5.56 Å². The van der Waals surface area contributed by atoms with E-state index >= 15 is 0 Å². The monoisotopic (exact) mass is 451 g/mol. The summed E-state index contributed by atoms with van der Waals surface area (Å²) in [5.74, 6) is 0.685. The van der Waals surface area contributed by atoms with Crippen molar-refractivity contribution in [2.45, 2.75) is 32.0 Å². The van der Waals surface area contributed by atoms with Crippen molar-refractivity contribution < 1.29 is 0 Å². The molecule has 0 aliphatic carbocycles. The third-order valence-corrected chi connectivity index (χ3v) is 6.36. The second-order valence-electron chi connectivity index (χ2n) is 8.53. The van der Waals surface area contributed by atoms with Crippen LogP contribution in [0.2, 0.25) is 0 Å². The lowest BCUT2D eigenvalue weighted by atomic mass is 10.1. The zero-order chi connectivity index (χ0) is 23.7. The first-order valence-corrected chi connectivity index (χ1v) is 11.3. The number of nitrogens with zero attached hydrogens (tertiary/aromatic N) is 6. The average molecular weight is 452 g/mol. The van der Waals surface area contributed by atoms with E-state index in [1.165, 1.54) is 6.33 Å². The van der Waals surface area contributed by atoms with E-state index in [9.17, 15) is 10.1 Å². The van der Waals surface area contributed by atoms with Crippen LogP contribution in [-0.4, -0.2) is 38.2 Å². The maximum Gasteiger partial charge on any atom is 0.278 e. The Morgan fingerprint density at radius 2 is 2.12 bits per heavy atom. The van der Waals surface area contributed by atoms with E-state index in [0.29, 0.717) is 35.5 Å². The highest BCUT2D eigenvalue weighted by Crippen LogP contribution is 2.31. The molecule has 4 heterocycles. The van der Waals surface area contributed by atoms with Crippen LogP contribution in [0.4, 0.5) is 5.82 Å². The summed E-state index contributed by atoms with van der Waals surface area (Å²) in [6, 6.07) is 12.2. The molecule has 1 fully saturated rings. The van der Waals surface area contributed by atoms with Gasteiger partial charge in [0.15, 0.2) is 0 Å². The molecular weight excluding hydrogens is 426 g/mol. The van der Waals surface area contributed by atoms with Crippen LogP contribution in [-0.2, 0) is 13.1 Å². The van der Waals surface area contributed by atoms with Gasteiger partial charge in [0.1, 0.15) is 28.5 Å². The molecule has 4 aromatic rings. The number of benzene rings is 1. The number of nitrogens with two attached hydrogens (primary N) is 1. The van der Waals surface area contributed by atoms with Gasteiger partial charge in [0.05, 0.1) is 25.1 Å². The molecule has 34 heavy (non-hydrogen) atoms. The van der Waals surface area contributed by atoms with Crippen molar-refractivity contribution >= 4 is 27.6 Å². The maximum atomic E-state index is 13.8. The predicted molar refractivity (Wildman–Crippen MR) is 133 cm³/mol. The van der Waals surface area contributed by atoms with E-state index in [2.05, 4.69) is 33.2 Å². The molecule has 1 saturated heterocycles. The summed E-state index contributed by atoms with van der Waals surface area (Å²) in [7, 11) is 0. The second kappa shape index (κ2) is 8.99. The highest BCUT2D eigenvalue weighted by molar-refractivity contribution is 5.89. The lowest BCUT2D eigenvalue weighted by molar-refractivity contribution is 0.499. The van der Waals surface area contributed by atoms with Gasteiger partial charge < -0.3 is 15.2 Å². The SMILES string of the molecule is C=C=CCn1c(N2CCC[C@H](N)C2)c(C#N)c2ncn(Cc3nccc4ccccc34)c(=O)c21. The smallest absolute Gasteiger partial charge is 0.278 e. The largest absolute Gasteiger partial charge is 0.355 e. The van der Waals surface area contributed by atoms with E-state index in [1.54, 1.807) is 16.8 Å². The fourth-order valence-electron chi connectivity index (χ4n) is 4.80. The average Bonchev–Trinajstić information content (AvgIpc) is 3.18. The summed E-state index contributed by atoms with van der Waals surface area (Å²) in [6.45, 7) is 5.69. The van der Waals surface area contributed by atoms with E-state index in [1.807, 2.05) is 34.9 Å². The van der Waals surface area contributed by atoms with Crippen molar-refractivity contribution in [3.05, 3.63) is 82.9 Å². The van der Waals surface area contributed by atoms with Crippen molar-refractivity contribution in [2.24, 2.45) is 5.73 Å². The molecule has 0 bridgehead atoms. The van der Waals surface area contributed by atoms with E-state index in [4.69, 9.17) is 5.73 Å². The molecule has 1 aliphatic rings. The number of piperidine rings is 1. The van der Waals surface area contributed by atoms with Crippen LogP contribution in [0.15, 0.2) is 66.0 Å². The quantitative estimate of drug-likeness (QED) is 0.468. The van der Waals surface area contributed by atoms with Crippen LogP contribution >= 0.6 is 0 Å². The number of aromatic nitrogens is 4. The van der Waals surface area contributed by atoms with Crippen molar-refractivity contribution in [3.63, 3.8) is 0 Å². The number of hydrogen-bond acceptors (Lipinski definition) is 6. The lowest BCUT2D eigenvalue weighted by Gasteiger charge is -2.33. The minimum absolute atomic E-state index is 0.0174. The lowest BCUT2D eigenvalue weighted by Crippen LogP contribution is -2.44. The number of rotatable bonds is 5. The molecule has 0 amide bonds. The Morgan fingerprint density at radius 1 is 1.26 bits per heavy atom. The molecule has 0 spiro atoms. The molecule has 0 saturated carbocycles. The fourth-order valence-corrected chi connectivity index (χ4v) is 4.80. The molecule has 0 unspecified atom stereocenters. The first kappa shape index (κ1) is 21.7. The summed E-state index contributed by atoms with van der Waals surface area (Å²) in [5.41, 5.74) is 10.8. The minimum atomic E-state index is -0.221. The maximum absolute atomic E-state index is 13.8. The Hall–Kier alpha value is -4.18. The molecule has 2 N–H and O–H groups in total. The minimum Gasteiger partial charge on any atom is -0.355 e. The Labute approximate surface area is 196 Å². The van der Waals surface area contributed by atoms with Gasteiger partial charge in [0.2, 0.25) is 0 Å². The third-order valence-electron chi connectivity index (χ3n) is 6.36. The summed E-state index contributed by atoms with van der Waals surface area (Å²) < 4.78 is 3.41. The van der Waals surface area contributed by atoms with Gasteiger partial charge in [0, 0.05) is 30.7 Å². The molecule has 5 rings (SSSR count). The number of pyridine rings is 1. The van der Waals surface area contributed by atoms with Gasteiger partial charge in [-0.3, -0.25) is 14.3 Å². The van der Waals surface area contributed by atoms with Gasteiger partial charge in [-0.2, -0.15) is 5.26 Å². The van der Waals surface area contributed by atoms with Gasteiger partial charge >= 0.3 is 0 Å². The number of fused-ring (bicyclic) bond motifs is 2. The highest BCUT2D eigenvalue weighted by Gasteiger charge is 2.28. The Balaban J connectivity index is 1.70. The highest BCUT2D eigenvalue weighted by atomic mass is 16.1. The van der Waals surface area contributed by atoms with Crippen molar-refractivity contribution in [1.29, 1.82) is 5.26 Å². The van der Waals surface area contributed by atoms with Gasteiger partial charge in [-0.1, -0.05) is 30.8 Å². The summed E-state index contributed by atoms with van der Waals surface area (Å²) in [6.07, 6.45) is 6.87. The zero-order valence-electron chi connectivity index (χ0n) is 18.8. The Kier molecular flexibility index (Phi) is 5.72. The number of anilines is 1. The van der Waals surface area contributed by atoms with Crippen molar-refractivity contribution in [1.82, 2.24) is 19.1 Å². The van der Waals surface area contributed by atoms with Crippen molar-refractivity contribution in [3.8, 4) is 6.07 Å². The summed E-state index contributed by atoms with van der Waals surface area (Å²) in [4.78, 5) is 25.0. The van der Waals surface area contributed by atoms with Gasteiger partial charge in [-0.05, 0) is 30.4 Å². The topological polar surface area (TPSA) is 106 Å². The molecule has 170 valence electrons. The molecular formula is C26H25N7O. The summed E-state index contributed by atoms with van der Waals surface area (Å²) >= 11 is 0. The number of nitriles is 1. The van der Waals surface area contributed by atoms with Crippen LogP contribution in [0.3, 0.4) is 0 Å². The van der Waals surface area contributed by atoms with Crippen molar-refractivity contribution in [2.75, 3.05) is 18.0 Å². The first-order valence-electron chi connectivity index (χ1n) is 11.3. The summed E-state index contributed by atoms with van der Waals surface area (Å²) in [5, 5.41) is 12.1. The van der Waals surface area contributed by atoms with Crippen LogP contribution in [0.5, 0.6) is 0 Å². The molecule has 8 heteroatoms. The van der Waals surface area contributed by atoms with E-state index < -0.39 is 0 Å². The first-order chi connectivity index (χ1) is 16.6. The van der Waals surface area contributed by atoms with Gasteiger partial charge in [-0.25, -0.2) is 4.98 Å². The normalized spacial score (nSPS) is 15.9. The number of allylic oxidation sites excluding steroid dienone is 1. The van der Waals surface area contributed by atoms with Gasteiger partial charge in [-0.15, -0.1) is 5.73 Å². The van der Waals surface area contributed by atoms with E-state index in [0.717, 1.165) is 35.9 Å². The zero-order valence-corrected chi connectivity index (χ0v) is 18.8. The molecule has 1 aromatic carbocycles. The molecule has 3 aromatic heterocycles. The number of hydrogen-bond donors (Lipinski definition) is 1. The van der Waals surface area contributed by atoms with Crippen LogP contribution in [0.1, 0.15) is 24.1 Å². The third kappa shape index (κ3) is 3.67. The predicted octanol–water partition coefficient (Wildman–Crippen LogP) is 2.93. The molecule has 8 nitrogen and oxygen atoms in total. The molecule has 1 atom stereocenters. The Bertz CT molecular complexity index is 1530. The van der Waals surface area contributed by atoms with Crippen LogP contribution in [0.25, 0.3) is 21.8 Å². The van der Waals surface area contributed by atoms with Crippen LogP contribution < -0.4 is 16.2 Å².